The van der Waals surface area contributed by atoms with Gasteiger partial charge in [-0.2, -0.15) is 0 Å². The first kappa shape index (κ1) is 13.9. The van der Waals surface area contributed by atoms with Crippen molar-refractivity contribution in [3.05, 3.63) is 35.1 Å². The third-order valence-electron chi connectivity index (χ3n) is 2.29. The molecule has 4 N–H and O–H groups in total. The van der Waals surface area contributed by atoms with Crippen LogP contribution in [-0.2, 0) is 4.79 Å². The van der Waals surface area contributed by atoms with E-state index in [1.54, 1.807) is 0 Å². The van der Waals surface area contributed by atoms with Crippen molar-refractivity contribution in [2.24, 2.45) is 0 Å². The zero-order chi connectivity index (χ0) is 14.7. The standard InChI is InChI=1S/C12H11FN4O2S/c1-6(18)15-9-4-7(2-3-8(9)13)16-11(19)10-5-20-12(14)17-10/h2-5H,1H3,(H2,14,17)(H,15,18)(H,16,19). The van der Waals surface area contributed by atoms with Crippen LogP contribution in [0.5, 0.6) is 0 Å². The van der Waals surface area contributed by atoms with Gasteiger partial charge >= 0.3 is 0 Å². The Morgan fingerprint density at radius 1 is 1.35 bits per heavy atom. The number of thiazole rings is 1. The SMILES string of the molecule is CC(=O)Nc1cc(NC(=O)c2csc(N)n2)ccc1F. The first-order chi connectivity index (χ1) is 9.45. The fourth-order valence-corrected chi connectivity index (χ4v) is 2.02. The van der Waals surface area contributed by atoms with Gasteiger partial charge in [-0.1, -0.05) is 0 Å². The van der Waals surface area contributed by atoms with Crippen LogP contribution in [0.25, 0.3) is 0 Å². The van der Waals surface area contributed by atoms with Crippen molar-refractivity contribution in [3.8, 4) is 0 Å². The number of anilines is 3. The molecule has 0 unspecified atom stereocenters. The summed E-state index contributed by atoms with van der Waals surface area (Å²) in [7, 11) is 0. The Balaban J connectivity index is 2.17. The molecule has 2 rings (SSSR count). The van der Waals surface area contributed by atoms with E-state index in [1.807, 2.05) is 0 Å². The Morgan fingerprint density at radius 3 is 2.70 bits per heavy atom. The molecule has 0 saturated carbocycles. The maximum atomic E-state index is 13.4. The fourth-order valence-electron chi connectivity index (χ4n) is 1.48. The van der Waals surface area contributed by atoms with Crippen LogP contribution in [0.1, 0.15) is 17.4 Å². The zero-order valence-electron chi connectivity index (χ0n) is 10.4. The lowest BCUT2D eigenvalue weighted by Crippen LogP contribution is -2.13. The third kappa shape index (κ3) is 3.29. The highest BCUT2D eigenvalue weighted by Gasteiger charge is 2.11. The predicted octanol–water partition coefficient (Wildman–Crippen LogP) is 2.08. The summed E-state index contributed by atoms with van der Waals surface area (Å²) < 4.78 is 13.4. The minimum absolute atomic E-state index is 0.00640. The van der Waals surface area contributed by atoms with Crippen LogP contribution in [-0.4, -0.2) is 16.8 Å². The van der Waals surface area contributed by atoms with Gasteiger partial charge in [-0.3, -0.25) is 9.59 Å². The van der Waals surface area contributed by atoms with Gasteiger partial charge in [-0.15, -0.1) is 11.3 Å². The number of nitrogens with zero attached hydrogens (tertiary/aromatic N) is 1. The number of nitrogen functional groups attached to an aromatic ring is 1. The van der Waals surface area contributed by atoms with Crippen molar-refractivity contribution in [1.29, 1.82) is 0 Å². The molecule has 0 aliphatic heterocycles. The lowest BCUT2D eigenvalue weighted by molar-refractivity contribution is -0.114. The molecule has 0 fully saturated rings. The molecule has 1 aromatic carbocycles. The number of nitrogens with one attached hydrogen (secondary N) is 2. The van der Waals surface area contributed by atoms with Crippen molar-refractivity contribution in [2.45, 2.75) is 6.92 Å². The highest BCUT2D eigenvalue weighted by molar-refractivity contribution is 7.13. The normalized spacial score (nSPS) is 10.1. The Labute approximate surface area is 117 Å². The molecular formula is C12H11FN4O2S. The first-order valence-electron chi connectivity index (χ1n) is 5.55. The minimum atomic E-state index is -0.587. The zero-order valence-corrected chi connectivity index (χ0v) is 11.3. The van der Waals surface area contributed by atoms with Crippen LogP contribution in [0.2, 0.25) is 0 Å². The molecule has 20 heavy (non-hydrogen) atoms. The molecule has 0 saturated heterocycles. The van der Waals surface area contributed by atoms with Crippen LogP contribution < -0.4 is 16.4 Å². The summed E-state index contributed by atoms with van der Waals surface area (Å²) in [5.41, 5.74) is 5.95. The van der Waals surface area contributed by atoms with E-state index < -0.39 is 17.6 Å². The molecule has 2 aromatic rings. The third-order valence-corrected chi connectivity index (χ3v) is 2.96. The molecule has 0 aliphatic carbocycles. The summed E-state index contributed by atoms with van der Waals surface area (Å²) >= 11 is 1.15. The van der Waals surface area contributed by atoms with Crippen molar-refractivity contribution < 1.29 is 14.0 Å². The Hall–Kier alpha value is -2.48. The lowest BCUT2D eigenvalue weighted by Gasteiger charge is -2.08. The number of aromatic nitrogens is 1. The molecule has 0 aliphatic rings. The number of hydrogen-bond acceptors (Lipinski definition) is 5. The first-order valence-corrected chi connectivity index (χ1v) is 6.43. The summed E-state index contributed by atoms with van der Waals surface area (Å²) in [4.78, 5) is 26.6. The van der Waals surface area contributed by atoms with E-state index in [0.29, 0.717) is 5.69 Å². The maximum Gasteiger partial charge on any atom is 0.275 e. The number of carbonyl (C=O) groups is 2. The van der Waals surface area contributed by atoms with Crippen LogP contribution in [0.3, 0.4) is 0 Å². The molecule has 0 radical (unpaired) electrons. The van der Waals surface area contributed by atoms with Crippen LogP contribution >= 0.6 is 11.3 Å². The molecule has 0 bridgehead atoms. The molecule has 8 heteroatoms. The monoisotopic (exact) mass is 294 g/mol. The second kappa shape index (κ2) is 5.66. The number of benzene rings is 1. The molecule has 104 valence electrons. The predicted molar refractivity (Wildman–Crippen MR) is 75.2 cm³/mol. The summed E-state index contributed by atoms with van der Waals surface area (Å²) in [6.07, 6.45) is 0. The van der Waals surface area contributed by atoms with Crippen molar-refractivity contribution in [2.75, 3.05) is 16.4 Å². The molecule has 0 spiro atoms. The van der Waals surface area contributed by atoms with Gasteiger partial charge in [0.2, 0.25) is 5.91 Å². The second-order valence-electron chi connectivity index (χ2n) is 3.90. The van der Waals surface area contributed by atoms with Gasteiger partial charge in [0.1, 0.15) is 11.5 Å². The van der Waals surface area contributed by atoms with E-state index in [0.717, 1.165) is 17.4 Å². The summed E-state index contributed by atoms with van der Waals surface area (Å²) in [5.74, 6) is -1.45. The average Bonchev–Trinajstić information content (AvgIpc) is 2.79. The van der Waals surface area contributed by atoms with Gasteiger partial charge in [0.05, 0.1) is 5.69 Å². The minimum Gasteiger partial charge on any atom is -0.375 e. The lowest BCUT2D eigenvalue weighted by atomic mass is 10.2. The van der Waals surface area contributed by atoms with Gasteiger partial charge in [-0.05, 0) is 18.2 Å². The van der Waals surface area contributed by atoms with Gasteiger partial charge < -0.3 is 16.4 Å². The van der Waals surface area contributed by atoms with Crippen LogP contribution in [0, 0.1) is 5.82 Å². The largest absolute Gasteiger partial charge is 0.375 e. The molecule has 1 aromatic heterocycles. The average molecular weight is 294 g/mol. The maximum absolute atomic E-state index is 13.4. The van der Waals surface area contributed by atoms with E-state index >= 15 is 0 Å². The Bertz CT molecular complexity index is 671. The smallest absolute Gasteiger partial charge is 0.275 e. The summed E-state index contributed by atoms with van der Waals surface area (Å²) in [6, 6.07) is 3.86. The number of halogens is 1. The van der Waals surface area contributed by atoms with E-state index in [-0.39, 0.29) is 16.5 Å². The number of nitrogens with two attached hydrogens (primary N) is 1. The number of amides is 2. The highest BCUT2D eigenvalue weighted by atomic mass is 32.1. The number of hydrogen-bond donors (Lipinski definition) is 3. The van der Waals surface area contributed by atoms with Crippen molar-refractivity contribution >= 4 is 39.7 Å². The van der Waals surface area contributed by atoms with Crippen molar-refractivity contribution in [1.82, 2.24) is 4.98 Å². The molecule has 6 nitrogen and oxygen atoms in total. The number of rotatable bonds is 3. The fraction of sp³-hybridized carbons (Fsp3) is 0.0833. The Morgan fingerprint density at radius 2 is 2.10 bits per heavy atom. The Kier molecular flexibility index (Phi) is 3.94. The highest BCUT2D eigenvalue weighted by Crippen LogP contribution is 2.20. The van der Waals surface area contributed by atoms with E-state index in [2.05, 4.69) is 15.6 Å². The van der Waals surface area contributed by atoms with E-state index in [9.17, 15) is 14.0 Å². The second-order valence-corrected chi connectivity index (χ2v) is 4.79. The molecule has 1 heterocycles. The van der Waals surface area contributed by atoms with Gasteiger partial charge in [0, 0.05) is 18.0 Å². The summed E-state index contributed by atoms with van der Waals surface area (Å²) in [5, 5.41) is 6.68. The van der Waals surface area contributed by atoms with Crippen molar-refractivity contribution in [3.63, 3.8) is 0 Å². The van der Waals surface area contributed by atoms with E-state index in [4.69, 9.17) is 5.73 Å². The summed E-state index contributed by atoms with van der Waals surface area (Å²) in [6.45, 7) is 1.27. The molecule has 2 amide bonds. The van der Waals surface area contributed by atoms with E-state index in [1.165, 1.54) is 24.4 Å². The van der Waals surface area contributed by atoms with Gasteiger partial charge in [-0.25, -0.2) is 9.37 Å². The molecular weight excluding hydrogens is 283 g/mol. The molecule has 0 atom stereocenters. The number of carbonyl (C=O) groups excluding carboxylic acids is 2. The van der Waals surface area contributed by atoms with Crippen LogP contribution in [0.15, 0.2) is 23.6 Å². The quantitative estimate of drug-likeness (QED) is 0.807. The topological polar surface area (TPSA) is 97.1 Å². The van der Waals surface area contributed by atoms with Crippen LogP contribution in [0.4, 0.5) is 20.9 Å². The van der Waals surface area contributed by atoms with Gasteiger partial charge in [0.15, 0.2) is 5.13 Å². The van der Waals surface area contributed by atoms with Gasteiger partial charge in [0.25, 0.3) is 5.91 Å².